The summed E-state index contributed by atoms with van der Waals surface area (Å²) in [5.74, 6) is -2.44. The summed E-state index contributed by atoms with van der Waals surface area (Å²) < 4.78 is 32.5. The topological polar surface area (TPSA) is 176 Å². The van der Waals surface area contributed by atoms with Crippen molar-refractivity contribution in [3.63, 3.8) is 0 Å². The zero-order chi connectivity index (χ0) is 26.2. The number of anilines is 2. The number of nitrogens with one attached hydrogen (secondary N) is 2. The van der Waals surface area contributed by atoms with E-state index < -0.39 is 53.4 Å². The minimum atomic E-state index is -1.80. The Morgan fingerprint density at radius 1 is 1.22 bits per heavy atom. The molecule has 3 saturated heterocycles. The normalized spacial score (nSPS) is 28.9. The minimum absolute atomic E-state index is 0.0387. The number of barbiturate groups is 1. The van der Waals surface area contributed by atoms with Crippen LogP contribution in [0.4, 0.5) is 25.5 Å². The molecule has 3 fully saturated rings. The lowest BCUT2D eigenvalue weighted by Gasteiger charge is -2.55. The Morgan fingerprint density at radius 3 is 2.65 bits per heavy atom. The number of carbonyl (C=O) groups is 4. The van der Waals surface area contributed by atoms with Crippen molar-refractivity contribution < 1.29 is 42.8 Å². The molecule has 0 radical (unpaired) electrons. The van der Waals surface area contributed by atoms with Gasteiger partial charge in [-0.2, -0.15) is 0 Å². The predicted octanol–water partition coefficient (Wildman–Crippen LogP) is 0.643. The SMILES string of the molecule is C[C@@H]1CN2c3c(cc4c(N5C[C@H](/C=N/O)OC5=O)noc4c3F)CC3(C(=O)NC(=O)NC3=O)C2[C@H](C)O1. The predicted molar refractivity (Wildman–Crippen MR) is 121 cm³/mol. The van der Waals surface area contributed by atoms with Crippen molar-refractivity contribution in [2.45, 2.75) is 44.6 Å². The fourth-order valence-electron chi connectivity index (χ4n) is 5.94. The summed E-state index contributed by atoms with van der Waals surface area (Å²) in [6.45, 7) is 3.56. The number of imide groups is 2. The summed E-state index contributed by atoms with van der Waals surface area (Å²) in [4.78, 5) is 53.6. The Bertz CT molecular complexity index is 1390. The van der Waals surface area contributed by atoms with Crippen molar-refractivity contribution in [3.8, 4) is 0 Å². The monoisotopic (exact) mass is 516 g/mol. The van der Waals surface area contributed by atoms with E-state index in [1.54, 1.807) is 18.7 Å². The molecule has 4 atom stereocenters. The van der Waals surface area contributed by atoms with Crippen LogP contribution < -0.4 is 20.4 Å². The molecule has 37 heavy (non-hydrogen) atoms. The van der Waals surface area contributed by atoms with E-state index in [0.29, 0.717) is 0 Å². The molecular formula is C22H21FN6O8. The molecule has 14 nitrogen and oxygen atoms in total. The molecule has 1 unspecified atom stereocenters. The second-order valence-electron chi connectivity index (χ2n) is 9.51. The van der Waals surface area contributed by atoms with E-state index in [4.69, 9.17) is 19.2 Å². The number of cyclic esters (lactones) is 1. The molecule has 3 N–H and O–H groups in total. The zero-order valence-electron chi connectivity index (χ0n) is 19.6. The first-order valence-corrected chi connectivity index (χ1v) is 11.5. The number of nitrogens with zero attached hydrogens (tertiary/aromatic N) is 4. The Kier molecular flexibility index (Phi) is 4.92. The number of ether oxygens (including phenoxy) is 2. The maximum absolute atomic E-state index is 16.1. The highest BCUT2D eigenvalue weighted by atomic mass is 19.1. The number of aromatic nitrogens is 1. The summed E-state index contributed by atoms with van der Waals surface area (Å²) in [6, 6.07) is -0.349. The van der Waals surface area contributed by atoms with Crippen LogP contribution in [0.25, 0.3) is 11.0 Å². The van der Waals surface area contributed by atoms with Gasteiger partial charge >= 0.3 is 12.1 Å². The molecule has 1 spiro atoms. The van der Waals surface area contributed by atoms with Crippen LogP contribution in [-0.4, -0.2) is 78.0 Å². The highest BCUT2D eigenvalue weighted by Gasteiger charge is 2.63. The van der Waals surface area contributed by atoms with Crippen LogP contribution in [0.1, 0.15) is 19.4 Å². The van der Waals surface area contributed by atoms with Crippen LogP contribution in [0.15, 0.2) is 15.7 Å². The summed E-state index contributed by atoms with van der Waals surface area (Å²) >= 11 is 0. The number of oxime groups is 1. The number of urea groups is 1. The molecule has 5 heterocycles. The van der Waals surface area contributed by atoms with Gasteiger partial charge in [-0.1, -0.05) is 10.3 Å². The second kappa shape index (κ2) is 7.86. The van der Waals surface area contributed by atoms with E-state index in [-0.39, 0.29) is 53.7 Å². The summed E-state index contributed by atoms with van der Waals surface area (Å²) in [5.41, 5.74) is -1.62. The number of halogens is 1. The molecule has 1 aromatic heterocycles. The maximum atomic E-state index is 16.1. The van der Waals surface area contributed by atoms with Gasteiger partial charge in [-0.15, -0.1) is 0 Å². The van der Waals surface area contributed by atoms with Crippen LogP contribution in [0.2, 0.25) is 0 Å². The standard InChI is InChI=1S/C22H21FN6O8/c1-8-6-28-14-10(4-22(16(28)9(2)35-8)18(30)25-20(32)26-19(22)31)3-12-15(13(14)23)37-27-17(12)29-7-11(5-24-34)36-21(29)33/h3,5,8-9,11,16,34H,4,6-7H2,1-2H3,(H2,25,26,30,31,32)/b24-5+/t8-,9+,11+,16?/m1/s1. The average Bonchev–Trinajstić information content (AvgIpc) is 3.40. The van der Waals surface area contributed by atoms with Gasteiger partial charge < -0.3 is 24.1 Å². The molecule has 6 rings (SSSR count). The van der Waals surface area contributed by atoms with Gasteiger partial charge in [0.05, 0.1) is 42.1 Å². The Morgan fingerprint density at radius 2 is 1.95 bits per heavy atom. The van der Waals surface area contributed by atoms with E-state index in [9.17, 15) is 19.2 Å². The van der Waals surface area contributed by atoms with Gasteiger partial charge in [0.1, 0.15) is 0 Å². The molecule has 194 valence electrons. The summed E-state index contributed by atoms with van der Waals surface area (Å²) in [5, 5.41) is 20.0. The quantitative estimate of drug-likeness (QED) is 0.222. The largest absolute Gasteiger partial charge is 0.438 e. The van der Waals surface area contributed by atoms with Gasteiger partial charge in [-0.25, -0.2) is 14.0 Å². The van der Waals surface area contributed by atoms with Crippen molar-refractivity contribution in [1.82, 2.24) is 15.8 Å². The Balaban J connectivity index is 1.53. The number of morpholine rings is 1. The molecule has 0 aliphatic carbocycles. The zero-order valence-corrected chi connectivity index (χ0v) is 19.6. The molecule has 15 heteroatoms. The van der Waals surface area contributed by atoms with Gasteiger partial charge in [0.25, 0.3) is 0 Å². The first-order chi connectivity index (χ1) is 17.6. The number of rotatable bonds is 2. The van der Waals surface area contributed by atoms with Gasteiger partial charge in [-0.3, -0.25) is 25.1 Å². The Hall–Kier alpha value is -4.27. The molecule has 1 aromatic carbocycles. The van der Waals surface area contributed by atoms with Crippen molar-refractivity contribution in [3.05, 3.63) is 17.4 Å². The first kappa shape index (κ1) is 23.1. The number of benzene rings is 1. The third-order valence-electron chi connectivity index (χ3n) is 7.27. The average molecular weight is 516 g/mol. The lowest BCUT2D eigenvalue weighted by atomic mass is 9.66. The van der Waals surface area contributed by atoms with Gasteiger partial charge in [0.2, 0.25) is 17.4 Å². The van der Waals surface area contributed by atoms with Crippen molar-refractivity contribution in [1.29, 1.82) is 0 Å². The number of amides is 5. The van der Waals surface area contributed by atoms with E-state index in [1.165, 1.54) is 6.07 Å². The van der Waals surface area contributed by atoms with E-state index in [2.05, 4.69) is 20.9 Å². The lowest BCUT2D eigenvalue weighted by molar-refractivity contribution is -0.153. The van der Waals surface area contributed by atoms with Gasteiger partial charge in [0, 0.05) is 13.0 Å². The fourth-order valence-corrected chi connectivity index (χ4v) is 5.94. The molecule has 4 aliphatic heterocycles. The third kappa shape index (κ3) is 3.13. The molecule has 5 amide bonds. The Labute approximate surface area is 207 Å². The molecule has 4 aliphatic rings. The van der Waals surface area contributed by atoms with Crippen LogP contribution in [0.3, 0.4) is 0 Å². The fraction of sp³-hybridized carbons (Fsp3) is 0.455. The number of hydrogen-bond acceptors (Lipinski definition) is 11. The number of fused-ring (bicyclic) bond motifs is 5. The van der Waals surface area contributed by atoms with Crippen LogP contribution in [0, 0.1) is 11.2 Å². The highest BCUT2D eigenvalue weighted by Crippen LogP contribution is 2.49. The van der Waals surface area contributed by atoms with Crippen LogP contribution in [-0.2, 0) is 25.5 Å². The molecule has 0 saturated carbocycles. The summed E-state index contributed by atoms with van der Waals surface area (Å²) in [7, 11) is 0. The number of hydrogen-bond donors (Lipinski definition) is 3. The molecule has 2 aromatic rings. The van der Waals surface area contributed by atoms with E-state index >= 15 is 4.39 Å². The van der Waals surface area contributed by atoms with Crippen LogP contribution in [0.5, 0.6) is 0 Å². The highest BCUT2D eigenvalue weighted by molar-refractivity contribution is 6.20. The van der Waals surface area contributed by atoms with E-state index in [1.807, 2.05) is 0 Å². The lowest BCUT2D eigenvalue weighted by Crippen LogP contribution is -2.75. The third-order valence-corrected chi connectivity index (χ3v) is 7.27. The van der Waals surface area contributed by atoms with Crippen molar-refractivity contribution >= 4 is 52.6 Å². The van der Waals surface area contributed by atoms with Gasteiger partial charge in [0.15, 0.2) is 23.2 Å². The second-order valence-corrected chi connectivity index (χ2v) is 9.51. The summed E-state index contributed by atoms with van der Waals surface area (Å²) in [6.07, 6.45) is -1.94. The van der Waals surface area contributed by atoms with Gasteiger partial charge in [-0.05, 0) is 25.5 Å². The molecule has 0 bridgehead atoms. The van der Waals surface area contributed by atoms with Crippen molar-refractivity contribution in [2.24, 2.45) is 10.6 Å². The first-order valence-electron chi connectivity index (χ1n) is 11.5. The minimum Gasteiger partial charge on any atom is -0.438 e. The number of carbonyl (C=O) groups excluding carboxylic acids is 4. The van der Waals surface area contributed by atoms with E-state index in [0.717, 1.165) is 11.1 Å². The van der Waals surface area contributed by atoms with Crippen molar-refractivity contribution in [2.75, 3.05) is 22.9 Å². The maximum Gasteiger partial charge on any atom is 0.416 e. The smallest absolute Gasteiger partial charge is 0.416 e. The van der Waals surface area contributed by atoms with Crippen LogP contribution >= 0.6 is 0 Å². The molecular weight excluding hydrogens is 495 g/mol.